The number of para-hydroxylation sites is 2. The van der Waals surface area contributed by atoms with Gasteiger partial charge in [0.25, 0.3) is 5.91 Å². The fourth-order valence-electron chi connectivity index (χ4n) is 3.04. The van der Waals surface area contributed by atoms with E-state index in [2.05, 4.69) is 10.6 Å². The van der Waals surface area contributed by atoms with E-state index in [9.17, 15) is 14.4 Å². The Morgan fingerprint density at radius 1 is 1.19 bits per heavy atom. The third kappa shape index (κ3) is 3.17. The smallest absolute Gasteiger partial charge is 0.329 e. The standard InChI is InChI=1S/C19H17N3O5/c1-11-18(24)22(19(25)20-11)14-5-3-2-4-13(14)21-17(23)9-12-6-7-15-16(8-12)27-10-26-15/h2-8,11H,9-10H2,1H3,(H,20,25)(H,21,23). The zero-order chi connectivity index (χ0) is 19.0. The summed E-state index contributed by atoms with van der Waals surface area (Å²) >= 11 is 0. The van der Waals surface area contributed by atoms with Crippen LogP contribution in [0.2, 0.25) is 0 Å². The molecule has 27 heavy (non-hydrogen) atoms. The molecule has 8 nitrogen and oxygen atoms in total. The van der Waals surface area contributed by atoms with Crippen molar-refractivity contribution in [1.29, 1.82) is 0 Å². The van der Waals surface area contributed by atoms with E-state index in [1.165, 1.54) is 0 Å². The number of urea groups is 1. The van der Waals surface area contributed by atoms with Crippen LogP contribution < -0.4 is 25.0 Å². The topological polar surface area (TPSA) is 97.0 Å². The van der Waals surface area contributed by atoms with Crippen LogP contribution in [0.25, 0.3) is 0 Å². The molecular weight excluding hydrogens is 350 g/mol. The third-order valence-corrected chi connectivity index (χ3v) is 4.35. The lowest BCUT2D eigenvalue weighted by Gasteiger charge is -2.17. The van der Waals surface area contributed by atoms with Crippen molar-refractivity contribution in [2.75, 3.05) is 17.0 Å². The SMILES string of the molecule is CC1NC(=O)N(c2ccccc2NC(=O)Cc2ccc3c(c2)OCO3)C1=O. The highest BCUT2D eigenvalue weighted by Crippen LogP contribution is 2.33. The molecule has 0 aliphatic carbocycles. The highest BCUT2D eigenvalue weighted by Gasteiger charge is 2.37. The summed E-state index contributed by atoms with van der Waals surface area (Å²) in [6.07, 6.45) is 0.113. The van der Waals surface area contributed by atoms with Crippen molar-refractivity contribution in [1.82, 2.24) is 5.32 Å². The predicted molar refractivity (Wildman–Crippen MR) is 96.8 cm³/mol. The van der Waals surface area contributed by atoms with E-state index in [-0.39, 0.29) is 25.0 Å². The number of hydrogen-bond acceptors (Lipinski definition) is 5. The summed E-state index contributed by atoms with van der Waals surface area (Å²) in [6.45, 7) is 1.78. The molecule has 138 valence electrons. The zero-order valence-corrected chi connectivity index (χ0v) is 14.5. The monoisotopic (exact) mass is 367 g/mol. The first kappa shape index (κ1) is 16.9. The Morgan fingerprint density at radius 2 is 1.96 bits per heavy atom. The molecule has 2 N–H and O–H groups in total. The van der Waals surface area contributed by atoms with Crippen molar-refractivity contribution >= 4 is 29.2 Å². The van der Waals surface area contributed by atoms with Crippen molar-refractivity contribution in [2.24, 2.45) is 0 Å². The number of carbonyl (C=O) groups is 3. The van der Waals surface area contributed by atoms with E-state index in [1.807, 2.05) is 0 Å². The minimum Gasteiger partial charge on any atom is -0.454 e. The van der Waals surface area contributed by atoms with Gasteiger partial charge in [0.15, 0.2) is 11.5 Å². The van der Waals surface area contributed by atoms with Gasteiger partial charge in [0, 0.05) is 0 Å². The summed E-state index contributed by atoms with van der Waals surface area (Å²) in [5, 5.41) is 5.33. The van der Waals surface area contributed by atoms with Gasteiger partial charge in [-0.3, -0.25) is 9.59 Å². The Labute approximate surface area is 155 Å². The Bertz CT molecular complexity index is 943. The quantitative estimate of drug-likeness (QED) is 0.806. The van der Waals surface area contributed by atoms with E-state index < -0.39 is 12.1 Å². The molecule has 2 aliphatic heterocycles. The van der Waals surface area contributed by atoms with Gasteiger partial charge in [0.2, 0.25) is 12.7 Å². The van der Waals surface area contributed by atoms with E-state index in [0.29, 0.717) is 22.9 Å². The van der Waals surface area contributed by atoms with Crippen LogP contribution in [0.5, 0.6) is 11.5 Å². The van der Waals surface area contributed by atoms with Crippen LogP contribution in [0.1, 0.15) is 12.5 Å². The molecule has 0 radical (unpaired) electrons. The Hall–Kier alpha value is -3.55. The second-order valence-electron chi connectivity index (χ2n) is 6.27. The largest absolute Gasteiger partial charge is 0.454 e. The molecule has 0 aromatic heterocycles. The van der Waals surface area contributed by atoms with Gasteiger partial charge < -0.3 is 20.1 Å². The van der Waals surface area contributed by atoms with Crippen LogP contribution >= 0.6 is 0 Å². The molecule has 1 saturated heterocycles. The third-order valence-electron chi connectivity index (χ3n) is 4.35. The first-order valence-electron chi connectivity index (χ1n) is 8.45. The van der Waals surface area contributed by atoms with Crippen LogP contribution in [0.3, 0.4) is 0 Å². The molecule has 2 aromatic carbocycles. The maximum Gasteiger partial charge on any atom is 0.329 e. The number of amides is 4. The summed E-state index contributed by atoms with van der Waals surface area (Å²) in [7, 11) is 0. The number of anilines is 2. The number of imide groups is 1. The fourth-order valence-corrected chi connectivity index (χ4v) is 3.04. The molecular formula is C19H17N3O5. The summed E-state index contributed by atoms with van der Waals surface area (Å²) in [5.41, 5.74) is 1.49. The van der Waals surface area contributed by atoms with Crippen LogP contribution in [0.15, 0.2) is 42.5 Å². The second kappa shape index (κ2) is 6.64. The van der Waals surface area contributed by atoms with Gasteiger partial charge in [-0.2, -0.15) is 0 Å². The molecule has 0 spiro atoms. The van der Waals surface area contributed by atoms with Crippen LogP contribution in [-0.2, 0) is 16.0 Å². The molecule has 1 fully saturated rings. The highest BCUT2D eigenvalue weighted by molar-refractivity contribution is 6.23. The molecule has 0 bridgehead atoms. The van der Waals surface area contributed by atoms with Gasteiger partial charge in [0.05, 0.1) is 17.8 Å². The van der Waals surface area contributed by atoms with Crippen molar-refractivity contribution < 1.29 is 23.9 Å². The maximum atomic E-state index is 12.5. The lowest BCUT2D eigenvalue weighted by Crippen LogP contribution is -2.32. The molecule has 1 atom stereocenters. The first-order valence-corrected chi connectivity index (χ1v) is 8.45. The fraction of sp³-hybridized carbons (Fsp3) is 0.211. The number of carbonyl (C=O) groups excluding carboxylic acids is 3. The van der Waals surface area contributed by atoms with Crippen molar-refractivity contribution in [3.05, 3.63) is 48.0 Å². The minimum atomic E-state index is -0.602. The number of nitrogens with one attached hydrogen (secondary N) is 2. The zero-order valence-electron chi connectivity index (χ0n) is 14.5. The Kier molecular flexibility index (Phi) is 4.15. The average Bonchev–Trinajstić information content (AvgIpc) is 3.20. The van der Waals surface area contributed by atoms with Crippen molar-refractivity contribution in [2.45, 2.75) is 19.4 Å². The number of benzene rings is 2. The first-order chi connectivity index (χ1) is 13.0. The minimum absolute atomic E-state index is 0.113. The molecule has 4 rings (SSSR count). The normalized spacial score (nSPS) is 17.8. The Morgan fingerprint density at radius 3 is 2.74 bits per heavy atom. The van der Waals surface area contributed by atoms with Gasteiger partial charge in [-0.1, -0.05) is 18.2 Å². The molecule has 2 aliphatic rings. The van der Waals surface area contributed by atoms with Crippen molar-refractivity contribution in [3.63, 3.8) is 0 Å². The number of rotatable bonds is 4. The van der Waals surface area contributed by atoms with E-state index in [4.69, 9.17) is 9.47 Å². The molecule has 1 unspecified atom stereocenters. The van der Waals surface area contributed by atoms with Crippen LogP contribution in [0, 0.1) is 0 Å². The predicted octanol–water partition coefficient (Wildman–Crippen LogP) is 2.04. The number of fused-ring (bicyclic) bond motifs is 1. The van der Waals surface area contributed by atoms with Crippen molar-refractivity contribution in [3.8, 4) is 11.5 Å². The maximum absolute atomic E-state index is 12.5. The summed E-state index contributed by atoms with van der Waals surface area (Å²) < 4.78 is 10.6. The molecule has 2 aromatic rings. The number of ether oxygens (including phenoxy) is 2. The summed E-state index contributed by atoms with van der Waals surface area (Å²) in [6, 6.07) is 10.9. The second-order valence-corrected chi connectivity index (χ2v) is 6.27. The highest BCUT2D eigenvalue weighted by atomic mass is 16.7. The van der Waals surface area contributed by atoms with Gasteiger partial charge >= 0.3 is 6.03 Å². The van der Waals surface area contributed by atoms with E-state index >= 15 is 0 Å². The van der Waals surface area contributed by atoms with Crippen LogP contribution in [-0.4, -0.2) is 30.7 Å². The molecule has 8 heteroatoms. The van der Waals surface area contributed by atoms with Gasteiger partial charge in [-0.25, -0.2) is 9.69 Å². The van der Waals surface area contributed by atoms with E-state index in [0.717, 1.165) is 10.5 Å². The number of nitrogens with zero attached hydrogens (tertiary/aromatic N) is 1. The number of hydrogen-bond donors (Lipinski definition) is 2. The molecule has 2 heterocycles. The van der Waals surface area contributed by atoms with Crippen LogP contribution in [0.4, 0.5) is 16.2 Å². The van der Waals surface area contributed by atoms with E-state index in [1.54, 1.807) is 49.4 Å². The molecule has 0 saturated carbocycles. The van der Waals surface area contributed by atoms with Gasteiger partial charge in [-0.15, -0.1) is 0 Å². The lowest BCUT2D eigenvalue weighted by atomic mass is 10.1. The average molecular weight is 367 g/mol. The Balaban J connectivity index is 1.52. The van der Waals surface area contributed by atoms with Gasteiger partial charge in [0.1, 0.15) is 6.04 Å². The summed E-state index contributed by atoms with van der Waals surface area (Å²) in [5.74, 6) is 0.616. The lowest BCUT2D eigenvalue weighted by molar-refractivity contribution is -0.118. The van der Waals surface area contributed by atoms with Gasteiger partial charge in [-0.05, 0) is 36.8 Å². The molecule has 4 amide bonds. The summed E-state index contributed by atoms with van der Waals surface area (Å²) in [4.78, 5) is 37.9.